The fourth-order valence-electron chi connectivity index (χ4n) is 4.44. The first kappa shape index (κ1) is 23.2. The summed E-state index contributed by atoms with van der Waals surface area (Å²) in [6, 6.07) is 5.71. The number of carbonyl (C=O) groups is 3. The summed E-state index contributed by atoms with van der Waals surface area (Å²) in [4.78, 5) is 44.0. The monoisotopic (exact) mass is 435 g/mol. The zero-order valence-electron chi connectivity index (χ0n) is 18.7. The molecule has 3 amide bonds. The zero-order chi connectivity index (χ0) is 23.0. The third-order valence-corrected chi connectivity index (χ3v) is 6.27. The van der Waals surface area contributed by atoms with Crippen LogP contribution in [-0.4, -0.2) is 63.6 Å². The van der Waals surface area contributed by atoms with Crippen LogP contribution in [0.2, 0.25) is 0 Å². The topological polar surface area (TPSA) is 60.9 Å². The van der Waals surface area contributed by atoms with Crippen molar-refractivity contribution >= 4 is 17.7 Å². The fourth-order valence-corrected chi connectivity index (χ4v) is 4.44. The maximum Gasteiger partial charge on any atom is 0.270 e. The van der Waals surface area contributed by atoms with Crippen molar-refractivity contribution in [2.45, 2.75) is 71.0 Å². The van der Waals surface area contributed by atoms with Crippen LogP contribution in [0.25, 0.3) is 0 Å². The van der Waals surface area contributed by atoms with Gasteiger partial charge in [-0.3, -0.25) is 14.4 Å². The molecule has 1 spiro atoms. The average molecular weight is 436 g/mol. The van der Waals surface area contributed by atoms with E-state index < -0.39 is 11.5 Å². The van der Waals surface area contributed by atoms with Crippen molar-refractivity contribution < 1.29 is 23.2 Å². The normalized spacial score (nSPS) is 22.2. The van der Waals surface area contributed by atoms with Gasteiger partial charge in [-0.15, -0.1) is 0 Å². The van der Waals surface area contributed by atoms with E-state index >= 15 is 0 Å². The van der Waals surface area contributed by atoms with Crippen LogP contribution in [0.4, 0.5) is 8.78 Å². The summed E-state index contributed by atoms with van der Waals surface area (Å²) in [5, 5.41) is 0. The maximum absolute atomic E-state index is 13.5. The Labute approximate surface area is 182 Å². The van der Waals surface area contributed by atoms with Gasteiger partial charge < -0.3 is 14.7 Å². The number of rotatable bonds is 6. The lowest BCUT2D eigenvalue weighted by molar-refractivity contribution is -0.167. The van der Waals surface area contributed by atoms with Crippen molar-refractivity contribution in [1.82, 2.24) is 14.7 Å². The predicted octanol–water partition coefficient (Wildman–Crippen LogP) is 3.15. The van der Waals surface area contributed by atoms with Gasteiger partial charge in [0.15, 0.2) is 0 Å². The molecular weight excluding hydrogens is 404 g/mol. The molecule has 3 rings (SSSR count). The first-order chi connectivity index (χ1) is 14.5. The smallest absolute Gasteiger partial charge is 0.270 e. The quantitative estimate of drug-likeness (QED) is 0.690. The van der Waals surface area contributed by atoms with E-state index in [0.29, 0.717) is 31.4 Å². The average Bonchev–Trinajstić information content (AvgIpc) is 3.14. The zero-order valence-corrected chi connectivity index (χ0v) is 18.7. The fraction of sp³-hybridized carbons (Fsp3) is 0.609. The number of carbonyl (C=O) groups excluding carboxylic acids is 3. The number of amides is 3. The molecule has 2 aliphatic rings. The molecular formula is C23H31F2N3O3. The van der Waals surface area contributed by atoms with Gasteiger partial charge in [0.25, 0.3) is 11.8 Å². The van der Waals surface area contributed by atoms with E-state index in [9.17, 15) is 23.2 Å². The number of halogens is 2. The van der Waals surface area contributed by atoms with E-state index in [0.717, 1.165) is 6.92 Å². The predicted molar refractivity (Wildman–Crippen MR) is 112 cm³/mol. The lowest BCUT2D eigenvalue weighted by atomic mass is 9.89. The minimum absolute atomic E-state index is 0.0178. The Hall–Kier alpha value is -2.51. The molecule has 8 heteroatoms. The van der Waals surface area contributed by atoms with E-state index in [1.54, 1.807) is 26.8 Å². The van der Waals surface area contributed by atoms with Crippen molar-refractivity contribution in [3.8, 4) is 0 Å². The molecule has 0 N–H and O–H groups in total. The Bertz CT molecular complexity index is 851. The summed E-state index contributed by atoms with van der Waals surface area (Å²) >= 11 is 0. The number of hydrogen-bond acceptors (Lipinski definition) is 3. The van der Waals surface area contributed by atoms with Crippen LogP contribution in [0, 0.1) is 0 Å². The Morgan fingerprint density at radius 3 is 2.39 bits per heavy atom. The van der Waals surface area contributed by atoms with Gasteiger partial charge in [0.1, 0.15) is 12.1 Å². The summed E-state index contributed by atoms with van der Waals surface area (Å²) in [6.07, 6.45) is 1.49. The molecule has 0 aromatic heterocycles. The first-order valence-electron chi connectivity index (χ1n) is 10.9. The molecule has 31 heavy (non-hydrogen) atoms. The molecule has 2 fully saturated rings. The van der Waals surface area contributed by atoms with Gasteiger partial charge in [0, 0.05) is 38.0 Å². The summed E-state index contributed by atoms with van der Waals surface area (Å²) in [5.41, 5.74) is -0.545. The number of alkyl halides is 2. The highest BCUT2D eigenvalue weighted by molar-refractivity contribution is 5.99. The number of piperazine rings is 1. The number of benzene rings is 1. The van der Waals surface area contributed by atoms with Crippen molar-refractivity contribution in [1.29, 1.82) is 0 Å². The number of likely N-dealkylation sites (tertiary alicyclic amines) is 1. The van der Waals surface area contributed by atoms with Gasteiger partial charge in [-0.05, 0) is 32.3 Å². The summed E-state index contributed by atoms with van der Waals surface area (Å²) in [7, 11) is 0. The molecule has 2 saturated heterocycles. The lowest BCUT2D eigenvalue weighted by Crippen LogP contribution is -2.69. The summed E-state index contributed by atoms with van der Waals surface area (Å²) < 4.78 is 27.1. The molecule has 2 heterocycles. The van der Waals surface area contributed by atoms with Gasteiger partial charge in [0.05, 0.1) is 6.54 Å². The molecule has 1 aromatic carbocycles. The minimum Gasteiger partial charge on any atom is -0.340 e. The minimum atomic E-state index is -2.94. The van der Waals surface area contributed by atoms with Crippen LogP contribution in [0.3, 0.4) is 0 Å². The Morgan fingerprint density at radius 2 is 1.84 bits per heavy atom. The van der Waals surface area contributed by atoms with Crippen LogP contribution in [0.15, 0.2) is 24.3 Å². The largest absolute Gasteiger partial charge is 0.340 e. The van der Waals surface area contributed by atoms with Gasteiger partial charge >= 0.3 is 0 Å². The summed E-state index contributed by atoms with van der Waals surface area (Å²) in [5.74, 6) is -3.30. The van der Waals surface area contributed by atoms with Crippen molar-refractivity contribution in [2.24, 2.45) is 0 Å². The van der Waals surface area contributed by atoms with E-state index in [1.807, 2.05) is 20.8 Å². The molecule has 6 nitrogen and oxygen atoms in total. The maximum atomic E-state index is 13.5. The van der Waals surface area contributed by atoms with Crippen molar-refractivity contribution in [3.63, 3.8) is 0 Å². The van der Waals surface area contributed by atoms with Crippen LogP contribution < -0.4 is 0 Å². The molecule has 170 valence electrons. The lowest BCUT2D eigenvalue weighted by Gasteiger charge is -2.48. The van der Waals surface area contributed by atoms with Gasteiger partial charge in [0.2, 0.25) is 11.8 Å². The Balaban J connectivity index is 1.92. The van der Waals surface area contributed by atoms with Gasteiger partial charge in [-0.2, -0.15) is 0 Å². The third kappa shape index (κ3) is 4.43. The highest BCUT2D eigenvalue weighted by Gasteiger charge is 2.56. The van der Waals surface area contributed by atoms with Crippen LogP contribution in [-0.2, 0) is 26.9 Å². The number of hydrogen-bond donors (Lipinski definition) is 0. The molecule has 2 aliphatic heterocycles. The van der Waals surface area contributed by atoms with Crippen molar-refractivity contribution in [2.75, 3.05) is 19.6 Å². The molecule has 1 unspecified atom stereocenters. The molecule has 0 radical (unpaired) electrons. The van der Waals surface area contributed by atoms with E-state index in [-0.39, 0.29) is 49.0 Å². The van der Waals surface area contributed by atoms with Crippen LogP contribution in [0.1, 0.15) is 58.1 Å². The summed E-state index contributed by atoms with van der Waals surface area (Å²) in [6.45, 7) is 7.21. The molecule has 0 bridgehead atoms. The molecule has 0 aliphatic carbocycles. The Morgan fingerprint density at radius 1 is 1.19 bits per heavy atom. The second-order valence-electron chi connectivity index (χ2n) is 8.94. The second-order valence-corrected chi connectivity index (χ2v) is 8.94. The van der Waals surface area contributed by atoms with Gasteiger partial charge in [-0.25, -0.2) is 8.78 Å². The van der Waals surface area contributed by atoms with Crippen molar-refractivity contribution in [3.05, 3.63) is 35.4 Å². The first-order valence-corrected chi connectivity index (χ1v) is 10.9. The van der Waals surface area contributed by atoms with E-state index in [2.05, 4.69) is 0 Å². The second kappa shape index (κ2) is 8.55. The van der Waals surface area contributed by atoms with E-state index in [4.69, 9.17) is 0 Å². The van der Waals surface area contributed by atoms with Crippen LogP contribution in [0.5, 0.6) is 0 Å². The molecule has 1 atom stereocenters. The molecule has 0 saturated carbocycles. The molecule has 1 aromatic rings. The third-order valence-electron chi connectivity index (χ3n) is 6.27. The SMILES string of the molecule is CCCC(=O)N1CCC2(C1)C(=O)N(C(C)C)CC(=O)N2Cc1ccc(C(C)(F)F)cc1. The van der Waals surface area contributed by atoms with E-state index in [1.165, 1.54) is 12.1 Å². The Kier molecular flexibility index (Phi) is 6.39. The standard InChI is InChI=1S/C23H31F2N3O3/c1-5-6-19(29)26-12-11-23(15-26)21(31)27(16(2)3)14-20(30)28(23)13-17-7-9-18(10-8-17)22(4,24)25/h7-10,16H,5-6,11-15H2,1-4H3. The van der Waals surface area contributed by atoms with Gasteiger partial charge in [-0.1, -0.05) is 31.2 Å². The van der Waals surface area contributed by atoms with Crippen LogP contribution >= 0.6 is 0 Å². The highest BCUT2D eigenvalue weighted by atomic mass is 19.3. The number of nitrogens with zero attached hydrogens (tertiary/aromatic N) is 3. The highest BCUT2D eigenvalue weighted by Crippen LogP contribution is 2.36.